The van der Waals surface area contributed by atoms with Gasteiger partial charge in [0.15, 0.2) is 0 Å². The molecule has 0 heterocycles. The van der Waals surface area contributed by atoms with Crippen molar-refractivity contribution in [3.8, 4) is 0 Å². The van der Waals surface area contributed by atoms with Gasteiger partial charge in [0.25, 0.3) is 0 Å². The topological polar surface area (TPSA) is 50.4 Å². The van der Waals surface area contributed by atoms with Crippen LogP contribution in [-0.4, -0.2) is 32.7 Å². The molecule has 0 aromatic heterocycles. The highest BCUT2D eigenvalue weighted by Gasteiger charge is 2.13. The summed E-state index contributed by atoms with van der Waals surface area (Å²) in [7, 11) is 1.64. The lowest BCUT2D eigenvalue weighted by Gasteiger charge is -2.19. The molecule has 114 valence electrons. The first-order valence-corrected chi connectivity index (χ1v) is 6.53. The third kappa shape index (κ3) is 6.89. The van der Waals surface area contributed by atoms with Gasteiger partial charge in [0.05, 0.1) is 13.2 Å². The molecule has 1 aromatic rings. The number of amides is 1. The summed E-state index contributed by atoms with van der Waals surface area (Å²) in [4.78, 5) is 11.6. The smallest absolute Gasteiger partial charge is 0.238 e. The van der Waals surface area contributed by atoms with Gasteiger partial charge in [-0.15, -0.1) is 12.4 Å². The van der Waals surface area contributed by atoms with Gasteiger partial charge in [0, 0.05) is 19.3 Å². The van der Waals surface area contributed by atoms with Crippen molar-refractivity contribution in [2.24, 2.45) is 0 Å². The summed E-state index contributed by atoms with van der Waals surface area (Å²) < 4.78 is 4.89. The Morgan fingerprint density at radius 2 is 1.80 bits per heavy atom. The molecule has 0 saturated heterocycles. The van der Waals surface area contributed by atoms with E-state index in [4.69, 9.17) is 4.74 Å². The fraction of sp³-hybridized carbons (Fsp3) is 0.533. The molecule has 0 saturated carbocycles. The third-order valence-corrected chi connectivity index (χ3v) is 2.80. The van der Waals surface area contributed by atoms with E-state index in [9.17, 15) is 4.79 Å². The van der Waals surface area contributed by atoms with Crippen LogP contribution in [0.1, 0.15) is 26.3 Å². The van der Waals surface area contributed by atoms with E-state index in [-0.39, 0.29) is 23.7 Å². The molecule has 1 aromatic carbocycles. The Hall–Kier alpha value is -1.10. The number of nitrogens with one attached hydrogen (secondary N) is 2. The third-order valence-electron chi connectivity index (χ3n) is 2.80. The van der Waals surface area contributed by atoms with Gasteiger partial charge < -0.3 is 15.4 Å². The van der Waals surface area contributed by atoms with Crippen LogP contribution in [0.4, 0.5) is 5.69 Å². The van der Waals surface area contributed by atoms with Gasteiger partial charge in [0.1, 0.15) is 0 Å². The quantitative estimate of drug-likeness (QED) is 0.794. The van der Waals surface area contributed by atoms with Crippen LogP contribution in [0.3, 0.4) is 0 Å². The lowest BCUT2D eigenvalue weighted by Crippen LogP contribution is -2.30. The number of methoxy groups -OCH3 is 1. The molecule has 0 bridgehead atoms. The average Bonchev–Trinajstić information content (AvgIpc) is 2.34. The zero-order chi connectivity index (χ0) is 14.3. The lowest BCUT2D eigenvalue weighted by atomic mass is 9.87. The number of anilines is 1. The Kier molecular flexibility index (Phi) is 8.46. The largest absolute Gasteiger partial charge is 0.383 e. The van der Waals surface area contributed by atoms with E-state index in [0.717, 1.165) is 5.69 Å². The number of hydrogen-bond donors (Lipinski definition) is 2. The molecule has 5 heteroatoms. The first kappa shape index (κ1) is 18.9. The van der Waals surface area contributed by atoms with E-state index in [2.05, 4.69) is 31.4 Å². The molecule has 1 amide bonds. The summed E-state index contributed by atoms with van der Waals surface area (Å²) >= 11 is 0. The van der Waals surface area contributed by atoms with Crippen molar-refractivity contribution in [3.63, 3.8) is 0 Å². The van der Waals surface area contributed by atoms with E-state index in [1.165, 1.54) is 5.56 Å². The molecule has 20 heavy (non-hydrogen) atoms. The predicted molar refractivity (Wildman–Crippen MR) is 85.8 cm³/mol. The summed E-state index contributed by atoms with van der Waals surface area (Å²) in [5.41, 5.74) is 2.21. The highest BCUT2D eigenvalue weighted by molar-refractivity contribution is 5.92. The fourth-order valence-corrected chi connectivity index (χ4v) is 1.63. The van der Waals surface area contributed by atoms with Crippen LogP contribution >= 0.6 is 12.4 Å². The average molecular weight is 301 g/mol. The molecule has 0 radical (unpaired) electrons. The molecule has 0 unspecified atom stereocenters. The second-order valence-electron chi connectivity index (χ2n) is 5.55. The van der Waals surface area contributed by atoms with Gasteiger partial charge in [-0.2, -0.15) is 0 Å². The van der Waals surface area contributed by atoms with Crippen molar-refractivity contribution >= 4 is 24.0 Å². The maximum absolute atomic E-state index is 11.6. The molecular weight excluding hydrogens is 276 g/mol. The molecule has 0 aliphatic rings. The van der Waals surface area contributed by atoms with E-state index in [1.807, 2.05) is 24.3 Å². The van der Waals surface area contributed by atoms with Crippen molar-refractivity contribution in [3.05, 3.63) is 29.8 Å². The van der Waals surface area contributed by atoms with Gasteiger partial charge in [-0.25, -0.2) is 0 Å². The maximum Gasteiger partial charge on any atom is 0.238 e. The normalized spacial score (nSPS) is 10.8. The molecule has 0 aliphatic carbocycles. The summed E-state index contributed by atoms with van der Waals surface area (Å²) in [6.45, 7) is 8.08. The Morgan fingerprint density at radius 1 is 1.20 bits per heavy atom. The minimum Gasteiger partial charge on any atom is -0.383 e. The summed E-state index contributed by atoms with van der Waals surface area (Å²) in [5.74, 6) is -0.0420. The predicted octanol–water partition coefficient (Wildman–Crippen LogP) is 2.58. The zero-order valence-electron chi connectivity index (χ0n) is 12.7. The molecule has 4 nitrogen and oxygen atoms in total. The van der Waals surface area contributed by atoms with E-state index >= 15 is 0 Å². The number of halogens is 1. The van der Waals surface area contributed by atoms with Crippen LogP contribution in [0.15, 0.2) is 24.3 Å². The minimum atomic E-state index is -0.0420. The first-order chi connectivity index (χ1) is 8.93. The number of ether oxygens (including phenoxy) is 1. The van der Waals surface area contributed by atoms with Gasteiger partial charge in [-0.3, -0.25) is 4.79 Å². The summed E-state index contributed by atoms with van der Waals surface area (Å²) in [5, 5.41) is 5.86. The van der Waals surface area contributed by atoms with Crippen molar-refractivity contribution in [2.45, 2.75) is 26.2 Å². The van der Waals surface area contributed by atoms with Gasteiger partial charge >= 0.3 is 0 Å². The Labute approximate surface area is 127 Å². The van der Waals surface area contributed by atoms with Crippen LogP contribution in [0, 0.1) is 0 Å². The van der Waals surface area contributed by atoms with Crippen molar-refractivity contribution in [1.29, 1.82) is 0 Å². The number of carbonyl (C=O) groups is 1. The van der Waals surface area contributed by atoms with Crippen LogP contribution in [0.25, 0.3) is 0 Å². The lowest BCUT2D eigenvalue weighted by molar-refractivity contribution is -0.115. The highest BCUT2D eigenvalue weighted by Crippen LogP contribution is 2.23. The van der Waals surface area contributed by atoms with E-state index in [1.54, 1.807) is 7.11 Å². The molecule has 0 atom stereocenters. The van der Waals surface area contributed by atoms with Gasteiger partial charge in [-0.05, 0) is 23.1 Å². The fourth-order valence-electron chi connectivity index (χ4n) is 1.63. The first-order valence-electron chi connectivity index (χ1n) is 6.53. The standard InChI is InChI=1S/C15H24N2O2.ClH/c1-15(2,3)12-5-7-13(8-6-12)17-14(18)11-16-9-10-19-4;/h5-8,16H,9-11H2,1-4H3,(H,17,18);1H. The molecule has 0 spiro atoms. The summed E-state index contributed by atoms with van der Waals surface area (Å²) in [6.07, 6.45) is 0. The number of hydrogen-bond acceptors (Lipinski definition) is 3. The number of benzene rings is 1. The molecule has 2 N–H and O–H groups in total. The van der Waals surface area contributed by atoms with Crippen LogP contribution in [0.2, 0.25) is 0 Å². The van der Waals surface area contributed by atoms with Crippen molar-refractivity contribution < 1.29 is 9.53 Å². The minimum absolute atomic E-state index is 0. The zero-order valence-corrected chi connectivity index (χ0v) is 13.5. The summed E-state index contributed by atoms with van der Waals surface area (Å²) in [6, 6.07) is 7.98. The monoisotopic (exact) mass is 300 g/mol. The second kappa shape index (κ2) is 8.95. The van der Waals surface area contributed by atoms with E-state index < -0.39 is 0 Å². The van der Waals surface area contributed by atoms with Crippen LogP contribution in [-0.2, 0) is 14.9 Å². The SMILES string of the molecule is COCCNCC(=O)Nc1ccc(C(C)(C)C)cc1.Cl. The van der Waals surface area contributed by atoms with Crippen LogP contribution in [0.5, 0.6) is 0 Å². The second-order valence-corrected chi connectivity index (χ2v) is 5.55. The van der Waals surface area contributed by atoms with E-state index in [0.29, 0.717) is 19.7 Å². The molecule has 0 aliphatic heterocycles. The molecule has 1 rings (SSSR count). The van der Waals surface area contributed by atoms with Crippen molar-refractivity contribution in [1.82, 2.24) is 5.32 Å². The van der Waals surface area contributed by atoms with Crippen LogP contribution < -0.4 is 10.6 Å². The Morgan fingerprint density at radius 3 is 2.30 bits per heavy atom. The Bertz CT molecular complexity index is 399. The number of carbonyl (C=O) groups excluding carboxylic acids is 1. The van der Waals surface area contributed by atoms with Crippen molar-refractivity contribution in [2.75, 3.05) is 32.1 Å². The maximum atomic E-state index is 11.6. The highest BCUT2D eigenvalue weighted by atomic mass is 35.5. The Balaban J connectivity index is 0.00000361. The molecule has 0 fully saturated rings. The van der Waals surface area contributed by atoms with Gasteiger partial charge in [0.2, 0.25) is 5.91 Å². The van der Waals surface area contributed by atoms with Gasteiger partial charge in [-0.1, -0.05) is 32.9 Å². The number of rotatable bonds is 6. The molecular formula is C15H25ClN2O2.